The summed E-state index contributed by atoms with van der Waals surface area (Å²) in [6.07, 6.45) is 2.08. The van der Waals surface area contributed by atoms with E-state index in [4.69, 9.17) is 15.9 Å². The van der Waals surface area contributed by atoms with Gasteiger partial charge in [0.25, 0.3) is 0 Å². The van der Waals surface area contributed by atoms with Crippen LogP contribution in [-0.2, 0) is 0 Å². The maximum atomic E-state index is 11.7. The SMILES string of the molecule is CNC(=O)N1CCCC(COc2ccc3cc(C(=N)N)sc3c2)C1. The van der Waals surface area contributed by atoms with Crippen molar-refractivity contribution in [2.75, 3.05) is 26.7 Å². The first-order chi connectivity index (χ1) is 11.6. The van der Waals surface area contributed by atoms with E-state index < -0.39 is 0 Å². The largest absolute Gasteiger partial charge is 0.493 e. The number of piperidine rings is 1. The molecular weight excluding hydrogens is 324 g/mol. The number of hydrogen-bond acceptors (Lipinski definition) is 4. The van der Waals surface area contributed by atoms with Gasteiger partial charge in [-0.15, -0.1) is 11.3 Å². The highest BCUT2D eigenvalue weighted by molar-refractivity contribution is 7.20. The number of fused-ring (bicyclic) bond motifs is 1. The van der Waals surface area contributed by atoms with Crippen LogP contribution in [0.3, 0.4) is 0 Å². The molecule has 0 bridgehead atoms. The predicted octanol–water partition coefficient (Wildman–Crippen LogP) is 2.62. The molecule has 1 aliphatic rings. The molecule has 3 rings (SSSR count). The topological polar surface area (TPSA) is 91.4 Å². The van der Waals surface area contributed by atoms with Gasteiger partial charge in [-0.1, -0.05) is 0 Å². The number of benzene rings is 1. The summed E-state index contributed by atoms with van der Waals surface area (Å²) in [4.78, 5) is 14.4. The molecule has 1 saturated heterocycles. The first kappa shape index (κ1) is 16.6. The van der Waals surface area contributed by atoms with Crippen molar-refractivity contribution in [3.63, 3.8) is 0 Å². The summed E-state index contributed by atoms with van der Waals surface area (Å²) in [5, 5.41) is 11.3. The number of rotatable bonds is 4. The molecule has 4 N–H and O–H groups in total. The first-order valence-corrected chi connectivity index (χ1v) is 8.86. The third-order valence-electron chi connectivity index (χ3n) is 4.26. The number of carbonyl (C=O) groups is 1. The number of amides is 2. The summed E-state index contributed by atoms with van der Waals surface area (Å²) < 4.78 is 7.01. The van der Waals surface area contributed by atoms with Gasteiger partial charge in [-0.25, -0.2) is 4.79 Å². The van der Waals surface area contributed by atoms with Crippen LogP contribution in [0.4, 0.5) is 4.79 Å². The van der Waals surface area contributed by atoms with E-state index in [0.717, 1.165) is 46.6 Å². The van der Waals surface area contributed by atoms with E-state index in [1.807, 2.05) is 29.2 Å². The lowest BCUT2D eigenvalue weighted by atomic mass is 9.99. The van der Waals surface area contributed by atoms with E-state index in [9.17, 15) is 4.79 Å². The molecule has 1 fully saturated rings. The second-order valence-corrected chi connectivity index (χ2v) is 7.13. The van der Waals surface area contributed by atoms with Crippen LogP contribution in [0.1, 0.15) is 17.7 Å². The smallest absolute Gasteiger partial charge is 0.317 e. The van der Waals surface area contributed by atoms with Crippen molar-refractivity contribution in [3.8, 4) is 5.75 Å². The second kappa shape index (κ2) is 7.09. The molecule has 2 heterocycles. The van der Waals surface area contributed by atoms with Gasteiger partial charge in [-0.2, -0.15) is 0 Å². The van der Waals surface area contributed by atoms with Crippen LogP contribution in [0.5, 0.6) is 5.75 Å². The lowest BCUT2D eigenvalue weighted by Crippen LogP contribution is -2.45. The molecule has 0 spiro atoms. The Kier molecular flexibility index (Phi) is 4.89. The number of nitrogens with zero attached hydrogens (tertiary/aromatic N) is 1. The number of amidine groups is 1. The fourth-order valence-corrected chi connectivity index (χ4v) is 3.94. The normalized spacial score (nSPS) is 17.7. The van der Waals surface area contributed by atoms with Crippen molar-refractivity contribution in [2.24, 2.45) is 11.7 Å². The number of urea groups is 1. The van der Waals surface area contributed by atoms with Gasteiger partial charge >= 0.3 is 6.03 Å². The van der Waals surface area contributed by atoms with Gasteiger partial charge in [-0.3, -0.25) is 5.41 Å². The van der Waals surface area contributed by atoms with Crippen LogP contribution in [0, 0.1) is 11.3 Å². The maximum absolute atomic E-state index is 11.7. The molecule has 1 aromatic heterocycles. The van der Waals surface area contributed by atoms with Gasteiger partial charge in [0.1, 0.15) is 11.6 Å². The molecule has 2 aromatic rings. The number of nitrogens with one attached hydrogen (secondary N) is 2. The van der Waals surface area contributed by atoms with Gasteiger partial charge < -0.3 is 20.7 Å². The third kappa shape index (κ3) is 3.62. The zero-order valence-electron chi connectivity index (χ0n) is 13.7. The summed E-state index contributed by atoms with van der Waals surface area (Å²) in [6, 6.07) is 7.83. The molecule has 0 saturated carbocycles. The van der Waals surface area contributed by atoms with Crippen molar-refractivity contribution in [1.29, 1.82) is 5.41 Å². The Hall–Kier alpha value is -2.28. The summed E-state index contributed by atoms with van der Waals surface area (Å²) >= 11 is 1.50. The lowest BCUT2D eigenvalue weighted by Gasteiger charge is -2.32. The zero-order chi connectivity index (χ0) is 17.1. The van der Waals surface area contributed by atoms with E-state index in [1.165, 1.54) is 11.3 Å². The highest BCUT2D eigenvalue weighted by atomic mass is 32.1. The van der Waals surface area contributed by atoms with Crippen molar-refractivity contribution in [1.82, 2.24) is 10.2 Å². The minimum atomic E-state index is -0.0172. The van der Waals surface area contributed by atoms with Crippen LogP contribution < -0.4 is 15.8 Å². The Morgan fingerprint density at radius 1 is 1.50 bits per heavy atom. The number of nitrogens with two attached hydrogens (primary N) is 1. The first-order valence-electron chi connectivity index (χ1n) is 8.04. The summed E-state index contributed by atoms with van der Waals surface area (Å²) in [7, 11) is 1.66. The number of ether oxygens (including phenoxy) is 1. The van der Waals surface area contributed by atoms with Crippen LogP contribution >= 0.6 is 11.3 Å². The van der Waals surface area contributed by atoms with Crippen molar-refractivity contribution < 1.29 is 9.53 Å². The Bertz CT molecular complexity index is 758. The Balaban J connectivity index is 1.62. The monoisotopic (exact) mass is 346 g/mol. The minimum Gasteiger partial charge on any atom is -0.493 e. The number of hydrogen-bond donors (Lipinski definition) is 3. The summed E-state index contributed by atoms with van der Waals surface area (Å²) in [5.41, 5.74) is 5.55. The van der Waals surface area contributed by atoms with E-state index in [0.29, 0.717) is 12.5 Å². The molecule has 7 heteroatoms. The number of carbonyl (C=O) groups excluding carboxylic acids is 1. The van der Waals surface area contributed by atoms with Crippen LogP contribution in [-0.4, -0.2) is 43.5 Å². The second-order valence-electron chi connectivity index (χ2n) is 6.04. The van der Waals surface area contributed by atoms with E-state index in [2.05, 4.69) is 5.32 Å². The molecule has 1 unspecified atom stereocenters. The zero-order valence-corrected chi connectivity index (χ0v) is 14.5. The predicted molar refractivity (Wildman–Crippen MR) is 97.1 cm³/mol. The fraction of sp³-hybridized carbons (Fsp3) is 0.412. The average Bonchev–Trinajstić information content (AvgIpc) is 3.03. The summed E-state index contributed by atoms with van der Waals surface area (Å²) in [5.74, 6) is 1.26. The van der Waals surface area contributed by atoms with Gasteiger partial charge in [0.15, 0.2) is 0 Å². The van der Waals surface area contributed by atoms with Gasteiger partial charge in [0.05, 0.1) is 11.5 Å². The number of thiophene rings is 1. The molecule has 128 valence electrons. The Morgan fingerprint density at radius 3 is 3.08 bits per heavy atom. The highest BCUT2D eigenvalue weighted by Crippen LogP contribution is 2.29. The highest BCUT2D eigenvalue weighted by Gasteiger charge is 2.23. The molecular formula is C17H22N4O2S. The number of nitrogen functional groups attached to an aromatic ring is 1. The average molecular weight is 346 g/mol. The van der Waals surface area contributed by atoms with Crippen LogP contribution in [0.15, 0.2) is 24.3 Å². The molecule has 1 aromatic carbocycles. The third-order valence-corrected chi connectivity index (χ3v) is 5.39. The molecule has 0 aliphatic carbocycles. The quantitative estimate of drug-likeness (QED) is 0.587. The molecule has 1 atom stereocenters. The molecule has 2 amide bonds. The summed E-state index contributed by atoms with van der Waals surface area (Å²) in [6.45, 7) is 2.14. The molecule has 6 nitrogen and oxygen atoms in total. The van der Waals surface area contributed by atoms with Crippen LogP contribution in [0.25, 0.3) is 10.1 Å². The standard InChI is InChI=1S/C17H22N4O2S/c1-20-17(22)21-6-2-3-11(9-21)10-23-13-5-4-12-7-15(16(18)19)24-14(12)8-13/h4-5,7-8,11H,2-3,6,9-10H2,1H3,(H3,18,19)(H,20,22). The minimum absolute atomic E-state index is 0.0172. The van der Waals surface area contributed by atoms with Gasteiger partial charge in [-0.05, 0) is 42.5 Å². The molecule has 24 heavy (non-hydrogen) atoms. The van der Waals surface area contributed by atoms with E-state index in [1.54, 1.807) is 7.05 Å². The van der Waals surface area contributed by atoms with E-state index in [-0.39, 0.29) is 11.9 Å². The van der Waals surface area contributed by atoms with Crippen molar-refractivity contribution >= 4 is 33.3 Å². The molecule has 0 radical (unpaired) electrons. The van der Waals surface area contributed by atoms with Gasteiger partial charge in [0, 0.05) is 30.8 Å². The Morgan fingerprint density at radius 2 is 2.33 bits per heavy atom. The van der Waals surface area contributed by atoms with Crippen LogP contribution in [0.2, 0.25) is 0 Å². The fourth-order valence-electron chi connectivity index (χ4n) is 2.99. The van der Waals surface area contributed by atoms with E-state index >= 15 is 0 Å². The van der Waals surface area contributed by atoms with Gasteiger partial charge in [0.2, 0.25) is 0 Å². The molecule has 1 aliphatic heterocycles. The Labute approximate surface area is 145 Å². The van der Waals surface area contributed by atoms with Crippen molar-refractivity contribution in [3.05, 3.63) is 29.1 Å². The lowest BCUT2D eigenvalue weighted by molar-refractivity contribution is 0.139. The van der Waals surface area contributed by atoms with Crippen molar-refractivity contribution in [2.45, 2.75) is 12.8 Å². The maximum Gasteiger partial charge on any atom is 0.317 e. The number of likely N-dealkylation sites (tertiary alicyclic amines) is 1.